The number of carboxylic acid groups (broad SMARTS) is 1. The zero-order valence-electron chi connectivity index (χ0n) is 24.4. The predicted molar refractivity (Wildman–Crippen MR) is 161 cm³/mol. The second-order valence-electron chi connectivity index (χ2n) is 11.3. The molecule has 0 spiro atoms. The number of carbonyl (C=O) groups is 3. The van der Waals surface area contributed by atoms with E-state index in [-0.39, 0.29) is 43.9 Å². The Labute approximate surface area is 247 Å². The third-order valence-electron chi connectivity index (χ3n) is 7.57. The molecule has 0 aromatic heterocycles. The Kier molecular flexibility index (Phi) is 10.7. The van der Waals surface area contributed by atoms with E-state index in [1.54, 1.807) is 6.92 Å². The van der Waals surface area contributed by atoms with Crippen LogP contribution in [0.15, 0.2) is 78.9 Å². The molecule has 0 fully saturated rings. The molecule has 222 valence electrons. The Balaban J connectivity index is 1.29. The largest absolute Gasteiger partial charge is 0.480 e. The van der Waals surface area contributed by atoms with E-state index < -0.39 is 30.1 Å². The smallest absolute Gasteiger partial charge is 0.407 e. The van der Waals surface area contributed by atoms with Crippen molar-refractivity contribution in [1.82, 2.24) is 10.6 Å². The molecule has 3 N–H and O–H groups in total. The van der Waals surface area contributed by atoms with Gasteiger partial charge in [-0.1, -0.05) is 92.7 Å². The van der Waals surface area contributed by atoms with Gasteiger partial charge in [-0.25, -0.2) is 9.59 Å². The van der Waals surface area contributed by atoms with Crippen molar-refractivity contribution >= 4 is 18.0 Å². The summed E-state index contributed by atoms with van der Waals surface area (Å²) in [5.41, 5.74) is 5.50. The lowest BCUT2D eigenvalue weighted by Crippen LogP contribution is -2.49. The number of amides is 2. The molecule has 2 amide bonds. The lowest BCUT2D eigenvalue weighted by Gasteiger charge is -2.24. The SMILES string of the molecule is CC(C)CC(CNC(=O)OCC1c2ccccc2-c2ccccc21)CC(=O)NC(C(=O)O)C(C)OCc1ccccc1. The quantitative estimate of drug-likeness (QED) is 0.227. The highest BCUT2D eigenvalue weighted by atomic mass is 16.5. The third-order valence-corrected chi connectivity index (χ3v) is 7.57. The fraction of sp³-hybridized carbons (Fsp3) is 0.382. The van der Waals surface area contributed by atoms with Gasteiger partial charge in [0, 0.05) is 18.9 Å². The monoisotopic (exact) mass is 572 g/mol. The van der Waals surface area contributed by atoms with Crippen LogP contribution in [0, 0.1) is 11.8 Å². The maximum absolute atomic E-state index is 12.9. The number of rotatable bonds is 14. The number of alkyl carbamates (subject to hydrolysis) is 1. The Morgan fingerprint density at radius 2 is 1.45 bits per heavy atom. The standard InChI is InChI=1S/C34H40N2O6/c1-22(2)17-25(18-31(37)36-32(33(38)39)23(3)41-20-24-11-5-4-6-12-24)19-35-34(40)42-21-30-28-15-9-7-13-26(28)27-14-8-10-16-29(27)30/h4-16,22-23,25,30,32H,17-21H2,1-3H3,(H,35,40)(H,36,37)(H,38,39). The highest BCUT2D eigenvalue weighted by Crippen LogP contribution is 2.44. The molecule has 8 heteroatoms. The number of ether oxygens (including phenoxy) is 2. The van der Waals surface area contributed by atoms with Crippen LogP contribution in [-0.4, -0.2) is 48.4 Å². The number of hydrogen-bond acceptors (Lipinski definition) is 5. The van der Waals surface area contributed by atoms with Crippen LogP contribution >= 0.6 is 0 Å². The van der Waals surface area contributed by atoms with Crippen molar-refractivity contribution in [2.24, 2.45) is 11.8 Å². The lowest BCUT2D eigenvalue weighted by atomic mass is 9.93. The van der Waals surface area contributed by atoms with Crippen molar-refractivity contribution in [3.63, 3.8) is 0 Å². The average Bonchev–Trinajstić information content (AvgIpc) is 3.30. The van der Waals surface area contributed by atoms with Gasteiger partial charge in [-0.3, -0.25) is 4.79 Å². The molecule has 3 aromatic rings. The van der Waals surface area contributed by atoms with E-state index in [0.717, 1.165) is 27.8 Å². The van der Waals surface area contributed by atoms with Gasteiger partial charge in [-0.15, -0.1) is 0 Å². The molecule has 1 aliphatic carbocycles. The summed E-state index contributed by atoms with van der Waals surface area (Å²) >= 11 is 0. The summed E-state index contributed by atoms with van der Waals surface area (Å²) in [4.78, 5) is 37.6. The highest BCUT2D eigenvalue weighted by molar-refractivity contribution is 5.84. The number of carbonyl (C=O) groups excluding carboxylic acids is 2. The molecule has 8 nitrogen and oxygen atoms in total. The van der Waals surface area contributed by atoms with Crippen molar-refractivity contribution in [2.75, 3.05) is 13.2 Å². The van der Waals surface area contributed by atoms with E-state index in [1.807, 2.05) is 68.4 Å². The first-order chi connectivity index (χ1) is 20.2. The minimum Gasteiger partial charge on any atom is -0.480 e. The van der Waals surface area contributed by atoms with Gasteiger partial charge in [0.2, 0.25) is 5.91 Å². The lowest BCUT2D eigenvalue weighted by molar-refractivity contribution is -0.146. The summed E-state index contributed by atoms with van der Waals surface area (Å²) in [6.45, 7) is 6.39. The topological polar surface area (TPSA) is 114 Å². The Bertz CT molecular complexity index is 1310. The van der Waals surface area contributed by atoms with Crippen LogP contribution in [0.2, 0.25) is 0 Å². The number of aliphatic carboxylic acids is 1. The summed E-state index contributed by atoms with van der Waals surface area (Å²) < 4.78 is 11.4. The van der Waals surface area contributed by atoms with Gasteiger partial charge >= 0.3 is 12.1 Å². The van der Waals surface area contributed by atoms with Crippen molar-refractivity contribution < 1.29 is 29.0 Å². The first-order valence-electron chi connectivity index (χ1n) is 14.5. The molecule has 0 saturated heterocycles. The minimum absolute atomic E-state index is 0.0422. The zero-order valence-corrected chi connectivity index (χ0v) is 24.4. The van der Waals surface area contributed by atoms with Crippen molar-refractivity contribution in [3.8, 4) is 11.1 Å². The first kappa shape index (κ1) is 30.8. The molecule has 3 atom stereocenters. The molecular weight excluding hydrogens is 532 g/mol. The number of carboxylic acids is 1. The fourth-order valence-electron chi connectivity index (χ4n) is 5.56. The van der Waals surface area contributed by atoms with Gasteiger partial charge in [0.1, 0.15) is 6.61 Å². The number of benzene rings is 3. The van der Waals surface area contributed by atoms with E-state index in [0.29, 0.717) is 6.42 Å². The van der Waals surface area contributed by atoms with Gasteiger partial charge in [0.15, 0.2) is 6.04 Å². The van der Waals surface area contributed by atoms with Gasteiger partial charge in [-0.2, -0.15) is 0 Å². The van der Waals surface area contributed by atoms with Crippen molar-refractivity contribution in [3.05, 3.63) is 95.6 Å². The van der Waals surface area contributed by atoms with Crippen LogP contribution in [0.5, 0.6) is 0 Å². The van der Waals surface area contributed by atoms with Gasteiger partial charge < -0.3 is 25.2 Å². The van der Waals surface area contributed by atoms with Crippen molar-refractivity contribution in [1.29, 1.82) is 0 Å². The second-order valence-corrected chi connectivity index (χ2v) is 11.3. The molecule has 3 unspecified atom stereocenters. The minimum atomic E-state index is -1.20. The molecule has 0 bridgehead atoms. The summed E-state index contributed by atoms with van der Waals surface area (Å²) in [7, 11) is 0. The number of hydrogen-bond donors (Lipinski definition) is 3. The van der Waals surface area contributed by atoms with Crippen LogP contribution in [-0.2, 0) is 25.7 Å². The number of nitrogens with one attached hydrogen (secondary N) is 2. The summed E-state index contributed by atoms with van der Waals surface area (Å²) in [5.74, 6) is -1.53. The molecule has 4 rings (SSSR count). The molecule has 0 radical (unpaired) electrons. The van der Waals surface area contributed by atoms with E-state index in [2.05, 4.69) is 34.9 Å². The third kappa shape index (κ3) is 8.19. The summed E-state index contributed by atoms with van der Waals surface area (Å²) in [6, 6.07) is 24.5. The van der Waals surface area contributed by atoms with E-state index >= 15 is 0 Å². The summed E-state index contributed by atoms with van der Waals surface area (Å²) in [5, 5.41) is 15.2. The fourth-order valence-corrected chi connectivity index (χ4v) is 5.56. The predicted octanol–water partition coefficient (Wildman–Crippen LogP) is 5.75. The highest BCUT2D eigenvalue weighted by Gasteiger charge is 2.30. The van der Waals surface area contributed by atoms with Crippen LogP contribution < -0.4 is 10.6 Å². The van der Waals surface area contributed by atoms with Gasteiger partial charge in [0.05, 0.1) is 12.7 Å². The van der Waals surface area contributed by atoms with E-state index in [9.17, 15) is 19.5 Å². The molecular formula is C34H40N2O6. The molecule has 1 aliphatic rings. The molecule has 0 saturated carbocycles. The first-order valence-corrected chi connectivity index (χ1v) is 14.5. The van der Waals surface area contributed by atoms with E-state index in [1.165, 1.54) is 0 Å². The average molecular weight is 573 g/mol. The maximum Gasteiger partial charge on any atom is 0.407 e. The van der Waals surface area contributed by atoms with Crippen LogP contribution in [0.25, 0.3) is 11.1 Å². The molecule has 0 aliphatic heterocycles. The Hall–Kier alpha value is -4.17. The zero-order chi connectivity index (χ0) is 30.1. The molecule has 42 heavy (non-hydrogen) atoms. The van der Waals surface area contributed by atoms with E-state index in [4.69, 9.17) is 9.47 Å². The van der Waals surface area contributed by atoms with Gasteiger partial charge in [-0.05, 0) is 53.0 Å². The van der Waals surface area contributed by atoms with Crippen LogP contribution in [0.1, 0.15) is 56.2 Å². The Morgan fingerprint density at radius 3 is 2.05 bits per heavy atom. The summed E-state index contributed by atoms with van der Waals surface area (Å²) in [6.07, 6.45) is -0.544. The normalized spacial score (nSPS) is 14.4. The molecule has 0 heterocycles. The Morgan fingerprint density at radius 1 is 0.857 bits per heavy atom. The maximum atomic E-state index is 12.9. The molecule has 3 aromatic carbocycles. The second kappa shape index (κ2) is 14.6. The van der Waals surface area contributed by atoms with Crippen LogP contribution in [0.3, 0.4) is 0 Å². The van der Waals surface area contributed by atoms with Gasteiger partial charge in [0.25, 0.3) is 0 Å². The number of fused-ring (bicyclic) bond motifs is 3. The van der Waals surface area contributed by atoms with Crippen LogP contribution in [0.4, 0.5) is 4.79 Å². The van der Waals surface area contributed by atoms with Crippen molar-refractivity contribution in [2.45, 2.75) is 58.3 Å².